The number of carbonyl (C=O) groups excluding carboxylic acids is 1. The lowest BCUT2D eigenvalue weighted by Crippen LogP contribution is -2.47. The van der Waals surface area contributed by atoms with E-state index in [9.17, 15) is 4.79 Å². The fourth-order valence-corrected chi connectivity index (χ4v) is 2.69. The molecule has 1 fully saturated rings. The molecule has 21 heavy (non-hydrogen) atoms. The second-order valence-corrected chi connectivity index (χ2v) is 5.67. The molecular weight excluding hydrogens is 311 g/mol. The monoisotopic (exact) mass is 332 g/mol. The Labute approximate surface area is 137 Å². The van der Waals surface area contributed by atoms with Crippen molar-refractivity contribution in [3.63, 3.8) is 0 Å². The molecule has 2 N–H and O–H groups in total. The van der Waals surface area contributed by atoms with Gasteiger partial charge in [-0.3, -0.25) is 4.79 Å². The van der Waals surface area contributed by atoms with Crippen molar-refractivity contribution in [3.05, 3.63) is 34.9 Å². The molecule has 118 valence electrons. The molecule has 0 bridgehead atoms. The zero-order valence-corrected chi connectivity index (χ0v) is 13.7. The molecule has 0 aromatic heterocycles. The maximum absolute atomic E-state index is 12.4. The average molecular weight is 333 g/mol. The molecule has 1 unspecified atom stereocenters. The lowest BCUT2D eigenvalue weighted by atomic mass is 9.91. The van der Waals surface area contributed by atoms with E-state index >= 15 is 0 Å². The second kappa shape index (κ2) is 8.59. The summed E-state index contributed by atoms with van der Waals surface area (Å²) in [5, 5.41) is 0.673. The first-order valence-electron chi connectivity index (χ1n) is 6.91. The Morgan fingerprint density at radius 2 is 2.05 bits per heavy atom. The van der Waals surface area contributed by atoms with Crippen LogP contribution >= 0.6 is 24.0 Å². The summed E-state index contributed by atoms with van der Waals surface area (Å²) in [7, 11) is 1.77. The fraction of sp³-hybridized carbons (Fsp3) is 0.533. The van der Waals surface area contributed by atoms with Crippen molar-refractivity contribution in [1.82, 2.24) is 4.90 Å². The summed E-state index contributed by atoms with van der Waals surface area (Å²) in [5.41, 5.74) is 7.04. The van der Waals surface area contributed by atoms with E-state index in [-0.39, 0.29) is 24.2 Å². The van der Waals surface area contributed by atoms with Gasteiger partial charge in [0.1, 0.15) is 0 Å². The second-order valence-electron chi connectivity index (χ2n) is 5.26. The Balaban J connectivity index is 0.00000220. The van der Waals surface area contributed by atoms with Gasteiger partial charge in [-0.25, -0.2) is 0 Å². The Morgan fingerprint density at radius 1 is 1.43 bits per heavy atom. The molecule has 6 heteroatoms. The predicted molar refractivity (Wildman–Crippen MR) is 86.7 cm³/mol. The van der Waals surface area contributed by atoms with Crippen LogP contribution in [0.4, 0.5) is 0 Å². The van der Waals surface area contributed by atoms with E-state index in [1.165, 1.54) is 0 Å². The molecule has 0 saturated carbocycles. The third-order valence-corrected chi connectivity index (χ3v) is 4.17. The SMILES string of the molecule is CN(Cc1ccccc1Cl)C(=O)C(N)C1CCOCC1.Cl. The number of likely N-dealkylation sites (N-methyl/N-ethyl adjacent to an activating group) is 1. The number of nitrogens with two attached hydrogens (primary N) is 1. The van der Waals surface area contributed by atoms with Crippen LogP contribution < -0.4 is 5.73 Å². The molecule has 1 amide bonds. The predicted octanol–water partition coefficient (Wildman–Crippen LogP) is 2.47. The number of amides is 1. The van der Waals surface area contributed by atoms with Crippen LogP contribution in [0.3, 0.4) is 0 Å². The van der Waals surface area contributed by atoms with E-state index in [2.05, 4.69) is 0 Å². The van der Waals surface area contributed by atoms with Crippen LogP contribution in [0.15, 0.2) is 24.3 Å². The van der Waals surface area contributed by atoms with E-state index in [0.29, 0.717) is 24.8 Å². The van der Waals surface area contributed by atoms with Crippen molar-refractivity contribution in [3.8, 4) is 0 Å². The molecule has 0 radical (unpaired) electrons. The van der Waals surface area contributed by atoms with Crippen molar-refractivity contribution in [1.29, 1.82) is 0 Å². The molecular formula is C15H22Cl2N2O2. The molecule has 1 heterocycles. The van der Waals surface area contributed by atoms with Gasteiger partial charge in [-0.15, -0.1) is 12.4 Å². The summed E-state index contributed by atoms with van der Waals surface area (Å²) in [6, 6.07) is 7.09. The quantitative estimate of drug-likeness (QED) is 0.921. The van der Waals surface area contributed by atoms with Gasteiger partial charge < -0.3 is 15.4 Å². The zero-order chi connectivity index (χ0) is 14.5. The van der Waals surface area contributed by atoms with E-state index in [1.807, 2.05) is 24.3 Å². The van der Waals surface area contributed by atoms with E-state index in [4.69, 9.17) is 22.1 Å². The van der Waals surface area contributed by atoms with E-state index in [0.717, 1.165) is 18.4 Å². The minimum Gasteiger partial charge on any atom is -0.381 e. The number of rotatable bonds is 4. The molecule has 1 aromatic carbocycles. The van der Waals surface area contributed by atoms with Crippen LogP contribution in [0.25, 0.3) is 0 Å². The van der Waals surface area contributed by atoms with Crippen LogP contribution in [0.1, 0.15) is 18.4 Å². The van der Waals surface area contributed by atoms with Gasteiger partial charge in [0.2, 0.25) is 5.91 Å². The van der Waals surface area contributed by atoms with Crippen molar-refractivity contribution in [2.45, 2.75) is 25.4 Å². The maximum Gasteiger partial charge on any atom is 0.239 e. The molecule has 0 aliphatic carbocycles. The number of nitrogens with zero attached hydrogens (tertiary/aromatic N) is 1. The van der Waals surface area contributed by atoms with Crippen molar-refractivity contribution < 1.29 is 9.53 Å². The van der Waals surface area contributed by atoms with Gasteiger partial charge in [0, 0.05) is 31.8 Å². The smallest absolute Gasteiger partial charge is 0.239 e. The highest BCUT2D eigenvalue weighted by Gasteiger charge is 2.28. The third-order valence-electron chi connectivity index (χ3n) is 3.80. The molecule has 2 rings (SSSR count). The molecule has 1 saturated heterocycles. The largest absolute Gasteiger partial charge is 0.381 e. The first kappa shape index (κ1) is 18.2. The van der Waals surface area contributed by atoms with Crippen molar-refractivity contribution in [2.24, 2.45) is 11.7 Å². The number of hydrogen-bond acceptors (Lipinski definition) is 3. The highest BCUT2D eigenvalue weighted by molar-refractivity contribution is 6.31. The molecule has 0 spiro atoms. The van der Waals surface area contributed by atoms with Gasteiger partial charge in [-0.2, -0.15) is 0 Å². The van der Waals surface area contributed by atoms with Crippen molar-refractivity contribution in [2.75, 3.05) is 20.3 Å². The van der Waals surface area contributed by atoms with Crippen molar-refractivity contribution >= 4 is 29.9 Å². The van der Waals surface area contributed by atoms with Crippen LogP contribution in [0.2, 0.25) is 5.02 Å². The summed E-state index contributed by atoms with van der Waals surface area (Å²) in [6.07, 6.45) is 1.71. The first-order valence-corrected chi connectivity index (χ1v) is 7.29. The normalized spacial score (nSPS) is 16.9. The minimum absolute atomic E-state index is 0. The lowest BCUT2D eigenvalue weighted by Gasteiger charge is -2.30. The first-order chi connectivity index (χ1) is 9.59. The number of hydrogen-bond donors (Lipinski definition) is 1. The van der Waals surface area contributed by atoms with Crippen LogP contribution in [-0.4, -0.2) is 37.1 Å². The standard InChI is InChI=1S/C15H21ClN2O2.ClH/c1-18(10-12-4-2-3-5-13(12)16)15(19)14(17)11-6-8-20-9-7-11;/h2-5,11,14H,6-10,17H2,1H3;1H. The fourth-order valence-electron chi connectivity index (χ4n) is 2.49. The topological polar surface area (TPSA) is 55.6 Å². The number of ether oxygens (including phenoxy) is 1. The molecule has 1 atom stereocenters. The highest BCUT2D eigenvalue weighted by atomic mass is 35.5. The number of carbonyl (C=O) groups is 1. The molecule has 1 aliphatic heterocycles. The maximum atomic E-state index is 12.4. The molecule has 4 nitrogen and oxygen atoms in total. The molecule has 1 aromatic rings. The zero-order valence-electron chi connectivity index (χ0n) is 12.1. The van der Waals surface area contributed by atoms with Gasteiger partial charge in [-0.05, 0) is 30.4 Å². The number of halogens is 2. The summed E-state index contributed by atoms with van der Waals surface area (Å²) in [4.78, 5) is 14.0. The van der Waals surface area contributed by atoms with Gasteiger partial charge >= 0.3 is 0 Å². The summed E-state index contributed by atoms with van der Waals surface area (Å²) >= 11 is 6.12. The average Bonchev–Trinajstić information content (AvgIpc) is 2.49. The van der Waals surface area contributed by atoms with Crippen LogP contribution in [0.5, 0.6) is 0 Å². The Hall–Kier alpha value is -0.810. The minimum atomic E-state index is -0.452. The Kier molecular flexibility index (Phi) is 7.46. The summed E-state index contributed by atoms with van der Waals surface area (Å²) < 4.78 is 5.30. The number of benzene rings is 1. The Bertz CT molecular complexity index is 465. The lowest BCUT2D eigenvalue weighted by molar-refractivity contribution is -0.133. The van der Waals surface area contributed by atoms with Gasteiger partial charge in [-0.1, -0.05) is 29.8 Å². The van der Waals surface area contributed by atoms with Crippen LogP contribution in [0, 0.1) is 5.92 Å². The highest BCUT2D eigenvalue weighted by Crippen LogP contribution is 2.20. The van der Waals surface area contributed by atoms with Gasteiger partial charge in [0.15, 0.2) is 0 Å². The van der Waals surface area contributed by atoms with E-state index in [1.54, 1.807) is 11.9 Å². The van der Waals surface area contributed by atoms with E-state index < -0.39 is 6.04 Å². The Morgan fingerprint density at radius 3 is 2.67 bits per heavy atom. The van der Waals surface area contributed by atoms with Gasteiger partial charge in [0.05, 0.1) is 6.04 Å². The summed E-state index contributed by atoms with van der Waals surface area (Å²) in [5.74, 6) is 0.182. The molecule has 1 aliphatic rings. The van der Waals surface area contributed by atoms with Crippen LogP contribution in [-0.2, 0) is 16.1 Å². The van der Waals surface area contributed by atoms with Gasteiger partial charge in [0.25, 0.3) is 0 Å². The third kappa shape index (κ3) is 4.85. The summed E-state index contributed by atoms with van der Waals surface area (Å²) in [6.45, 7) is 1.87.